The predicted octanol–water partition coefficient (Wildman–Crippen LogP) is 2.39. The first kappa shape index (κ1) is 21.1. The first-order valence-corrected chi connectivity index (χ1v) is 9.37. The zero-order valence-electron chi connectivity index (χ0n) is 17.0. The van der Waals surface area contributed by atoms with E-state index in [1.807, 2.05) is 43.9 Å². The third-order valence-electron chi connectivity index (χ3n) is 4.69. The zero-order valence-corrected chi connectivity index (χ0v) is 17.0. The molecule has 6 heteroatoms. The predicted molar refractivity (Wildman–Crippen MR) is 105 cm³/mol. The standard InChI is InChI=1S/C21H30N2O4/c1-6-9-23-20(24)18(17-8-7-15(2)14-16(17)3)19(21(23)25)22(10-12-26-4)11-13-27-5/h7-8,14H,6,9-13H2,1-5H3. The van der Waals surface area contributed by atoms with E-state index in [1.54, 1.807) is 14.2 Å². The van der Waals surface area contributed by atoms with Gasteiger partial charge in [0.25, 0.3) is 11.8 Å². The van der Waals surface area contributed by atoms with Crippen LogP contribution in [0.2, 0.25) is 0 Å². The summed E-state index contributed by atoms with van der Waals surface area (Å²) in [4.78, 5) is 29.6. The molecule has 0 radical (unpaired) electrons. The van der Waals surface area contributed by atoms with Crippen molar-refractivity contribution in [3.63, 3.8) is 0 Å². The minimum absolute atomic E-state index is 0.219. The molecule has 0 aliphatic carbocycles. The van der Waals surface area contributed by atoms with E-state index in [2.05, 4.69) is 0 Å². The maximum Gasteiger partial charge on any atom is 0.277 e. The van der Waals surface area contributed by atoms with Crippen LogP contribution in [0.15, 0.2) is 23.9 Å². The number of rotatable bonds is 10. The molecule has 6 nitrogen and oxygen atoms in total. The summed E-state index contributed by atoms with van der Waals surface area (Å²) in [6, 6.07) is 5.95. The largest absolute Gasteiger partial charge is 0.383 e. The van der Waals surface area contributed by atoms with E-state index in [0.717, 1.165) is 23.1 Å². The molecule has 0 aromatic heterocycles. The number of imide groups is 1. The third kappa shape index (κ3) is 4.57. The van der Waals surface area contributed by atoms with E-state index in [-0.39, 0.29) is 11.8 Å². The number of amides is 2. The number of methoxy groups -OCH3 is 2. The molecule has 1 heterocycles. The molecule has 2 amide bonds. The van der Waals surface area contributed by atoms with Gasteiger partial charge in [-0.3, -0.25) is 14.5 Å². The second-order valence-electron chi connectivity index (χ2n) is 6.78. The van der Waals surface area contributed by atoms with E-state index >= 15 is 0 Å². The highest BCUT2D eigenvalue weighted by Gasteiger charge is 2.41. The second-order valence-corrected chi connectivity index (χ2v) is 6.78. The summed E-state index contributed by atoms with van der Waals surface area (Å²) in [6.07, 6.45) is 0.723. The van der Waals surface area contributed by atoms with Crippen LogP contribution in [-0.2, 0) is 19.1 Å². The second kappa shape index (κ2) is 9.67. The number of benzene rings is 1. The average Bonchev–Trinajstić information content (AvgIpc) is 2.87. The van der Waals surface area contributed by atoms with Gasteiger partial charge in [-0.05, 0) is 31.4 Å². The van der Waals surface area contributed by atoms with Gasteiger partial charge in [0.1, 0.15) is 5.70 Å². The molecule has 0 spiro atoms. The van der Waals surface area contributed by atoms with Crippen molar-refractivity contribution in [3.05, 3.63) is 40.6 Å². The fourth-order valence-corrected chi connectivity index (χ4v) is 3.36. The van der Waals surface area contributed by atoms with Crippen LogP contribution in [0.5, 0.6) is 0 Å². The van der Waals surface area contributed by atoms with Crippen LogP contribution in [0.4, 0.5) is 0 Å². The van der Waals surface area contributed by atoms with Gasteiger partial charge in [-0.15, -0.1) is 0 Å². The molecule has 148 valence electrons. The van der Waals surface area contributed by atoms with Crippen molar-refractivity contribution in [1.82, 2.24) is 9.80 Å². The maximum absolute atomic E-state index is 13.2. The molecule has 0 atom stereocenters. The lowest BCUT2D eigenvalue weighted by molar-refractivity contribution is -0.137. The molecule has 1 aliphatic heterocycles. The quantitative estimate of drug-likeness (QED) is 0.589. The van der Waals surface area contributed by atoms with Gasteiger partial charge < -0.3 is 14.4 Å². The van der Waals surface area contributed by atoms with Gasteiger partial charge in [-0.2, -0.15) is 0 Å². The highest BCUT2D eigenvalue weighted by molar-refractivity contribution is 6.35. The molecule has 0 fully saturated rings. The summed E-state index contributed by atoms with van der Waals surface area (Å²) < 4.78 is 10.4. The molecule has 0 unspecified atom stereocenters. The molecule has 0 saturated carbocycles. The van der Waals surface area contributed by atoms with Crippen LogP contribution in [0.3, 0.4) is 0 Å². The molecule has 0 saturated heterocycles. The van der Waals surface area contributed by atoms with Crippen molar-refractivity contribution in [2.75, 3.05) is 47.1 Å². The highest BCUT2D eigenvalue weighted by atomic mass is 16.5. The molecule has 1 aliphatic rings. The Morgan fingerprint density at radius 2 is 1.63 bits per heavy atom. The number of nitrogens with zero attached hydrogens (tertiary/aromatic N) is 2. The Kier molecular flexibility index (Phi) is 7.56. The number of hydrogen-bond acceptors (Lipinski definition) is 5. The molecule has 0 N–H and O–H groups in total. The van der Waals surface area contributed by atoms with E-state index in [1.165, 1.54) is 4.90 Å². The molecular formula is C21H30N2O4. The summed E-state index contributed by atoms with van der Waals surface area (Å²) in [5.74, 6) is -0.451. The molecule has 1 aromatic rings. The maximum atomic E-state index is 13.2. The van der Waals surface area contributed by atoms with Gasteiger partial charge in [0.2, 0.25) is 0 Å². The molecule has 27 heavy (non-hydrogen) atoms. The van der Waals surface area contributed by atoms with Crippen molar-refractivity contribution in [2.45, 2.75) is 27.2 Å². The fourth-order valence-electron chi connectivity index (χ4n) is 3.36. The number of ether oxygens (including phenoxy) is 2. The van der Waals surface area contributed by atoms with Crippen LogP contribution >= 0.6 is 0 Å². The summed E-state index contributed by atoms with van der Waals surface area (Å²) in [5, 5.41) is 0. The number of carbonyl (C=O) groups excluding carboxylic acids is 2. The number of aryl methyl sites for hydroxylation is 2. The molecule has 1 aromatic carbocycles. The molecular weight excluding hydrogens is 344 g/mol. The Morgan fingerprint density at radius 3 is 2.15 bits per heavy atom. The van der Waals surface area contributed by atoms with Crippen molar-refractivity contribution in [2.24, 2.45) is 0 Å². The lowest BCUT2D eigenvalue weighted by Gasteiger charge is -2.25. The van der Waals surface area contributed by atoms with Gasteiger partial charge in [0.05, 0.1) is 18.8 Å². The fraction of sp³-hybridized carbons (Fsp3) is 0.524. The monoisotopic (exact) mass is 374 g/mol. The third-order valence-corrected chi connectivity index (χ3v) is 4.69. The topological polar surface area (TPSA) is 59.1 Å². The summed E-state index contributed by atoms with van der Waals surface area (Å²) in [6.45, 7) is 8.32. The molecule has 2 rings (SSSR count). The highest BCUT2D eigenvalue weighted by Crippen LogP contribution is 2.33. The summed E-state index contributed by atoms with van der Waals surface area (Å²) >= 11 is 0. The lowest BCUT2D eigenvalue weighted by atomic mass is 9.97. The Labute approximate surface area is 161 Å². The van der Waals surface area contributed by atoms with Gasteiger partial charge in [0, 0.05) is 33.9 Å². The Bertz CT molecular complexity index is 719. The van der Waals surface area contributed by atoms with Gasteiger partial charge in [-0.1, -0.05) is 30.7 Å². The first-order valence-electron chi connectivity index (χ1n) is 9.37. The Morgan fingerprint density at radius 1 is 1.00 bits per heavy atom. The SMILES string of the molecule is CCCN1C(=O)C(c2ccc(C)cc2C)=C(N(CCOC)CCOC)C1=O. The van der Waals surface area contributed by atoms with E-state index in [0.29, 0.717) is 44.1 Å². The van der Waals surface area contributed by atoms with Crippen molar-refractivity contribution in [3.8, 4) is 0 Å². The van der Waals surface area contributed by atoms with Crippen molar-refractivity contribution < 1.29 is 19.1 Å². The van der Waals surface area contributed by atoms with E-state index in [4.69, 9.17) is 9.47 Å². The van der Waals surface area contributed by atoms with Gasteiger partial charge >= 0.3 is 0 Å². The zero-order chi connectivity index (χ0) is 20.0. The van der Waals surface area contributed by atoms with Crippen molar-refractivity contribution in [1.29, 1.82) is 0 Å². The Hall–Kier alpha value is -2.18. The van der Waals surface area contributed by atoms with Crippen LogP contribution in [-0.4, -0.2) is 68.7 Å². The van der Waals surface area contributed by atoms with E-state index < -0.39 is 0 Å². The van der Waals surface area contributed by atoms with Crippen LogP contribution in [0.1, 0.15) is 30.0 Å². The smallest absolute Gasteiger partial charge is 0.277 e. The average molecular weight is 374 g/mol. The molecule has 0 bridgehead atoms. The Balaban J connectivity index is 2.58. The summed E-state index contributed by atoms with van der Waals surface area (Å²) in [7, 11) is 3.25. The van der Waals surface area contributed by atoms with E-state index in [9.17, 15) is 9.59 Å². The van der Waals surface area contributed by atoms with Crippen molar-refractivity contribution >= 4 is 17.4 Å². The number of carbonyl (C=O) groups is 2. The first-order chi connectivity index (χ1) is 13.0. The van der Waals surface area contributed by atoms with Crippen LogP contribution in [0, 0.1) is 13.8 Å². The van der Waals surface area contributed by atoms with Gasteiger partial charge in [0.15, 0.2) is 0 Å². The summed E-state index contributed by atoms with van der Waals surface area (Å²) in [5.41, 5.74) is 3.86. The van der Waals surface area contributed by atoms with Crippen LogP contribution < -0.4 is 0 Å². The lowest BCUT2D eigenvalue weighted by Crippen LogP contribution is -2.38. The van der Waals surface area contributed by atoms with Gasteiger partial charge in [-0.25, -0.2) is 0 Å². The van der Waals surface area contributed by atoms with Crippen LogP contribution in [0.25, 0.3) is 5.57 Å². The minimum Gasteiger partial charge on any atom is -0.383 e. The number of hydrogen-bond donors (Lipinski definition) is 0. The minimum atomic E-state index is -0.232. The normalized spacial score (nSPS) is 14.5.